The Bertz CT molecular complexity index is 422. The lowest BCUT2D eigenvalue weighted by Gasteiger charge is -2.11. The van der Waals surface area contributed by atoms with E-state index in [4.69, 9.17) is 5.73 Å². The lowest BCUT2D eigenvalue weighted by Crippen LogP contribution is -2.34. The molecule has 1 aromatic carbocycles. The third kappa shape index (κ3) is 4.34. The molecule has 18 heavy (non-hydrogen) atoms. The first-order valence-electron chi connectivity index (χ1n) is 5.43. The first-order valence-corrected chi connectivity index (χ1v) is 6.31. The van der Waals surface area contributed by atoms with Crippen molar-refractivity contribution < 1.29 is 9.72 Å². The van der Waals surface area contributed by atoms with Crippen LogP contribution >= 0.6 is 11.8 Å². The molecular weight excluding hydrogens is 254 g/mol. The van der Waals surface area contributed by atoms with Crippen molar-refractivity contribution in [2.45, 2.75) is 17.1 Å². The van der Waals surface area contributed by atoms with E-state index in [0.717, 1.165) is 4.90 Å². The van der Waals surface area contributed by atoms with Gasteiger partial charge in [0.05, 0.1) is 10.2 Å². The maximum absolute atomic E-state index is 11.6. The van der Waals surface area contributed by atoms with E-state index >= 15 is 0 Å². The maximum Gasteiger partial charge on any atom is 0.269 e. The van der Waals surface area contributed by atoms with E-state index in [1.165, 1.54) is 23.9 Å². The van der Waals surface area contributed by atoms with Crippen LogP contribution in [0, 0.1) is 10.1 Å². The lowest BCUT2D eigenvalue weighted by atomic mass is 10.3. The number of amides is 1. The number of benzene rings is 1. The highest BCUT2D eigenvalue weighted by Crippen LogP contribution is 2.25. The lowest BCUT2D eigenvalue weighted by molar-refractivity contribution is -0.384. The molecule has 3 N–H and O–H groups in total. The van der Waals surface area contributed by atoms with Crippen LogP contribution < -0.4 is 11.1 Å². The molecule has 0 aromatic heterocycles. The number of hydrogen-bond acceptors (Lipinski definition) is 5. The fraction of sp³-hybridized carbons (Fsp3) is 0.364. The monoisotopic (exact) mass is 269 g/mol. The third-order valence-corrected chi connectivity index (χ3v) is 3.29. The second-order valence-electron chi connectivity index (χ2n) is 3.59. The topological polar surface area (TPSA) is 98.3 Å². The Kier molecular flexibility index (Phi) is 5.60. The minimum absolute atomic E-state index is 0.0413. The number of nitro benzene ring substituents is 1. The van der Waals surface area contributed by atoms with Gasteiger partial charge in [-0.25, -0.2) is 0 Å². The molecular formula is C11H15N3O3S. The average Bonchev–Trinajstić information content (AvgIpc) is 2.36. The van der Waals surface area contributed by atoms with Gasteiger partial charge in [-0.3, -0.25) is 14.9 Å². The van der Waals surface area contributed by atoms with Crippen LogP contribution in [-0.4, -0.2) is 29.2 Å². The molecule has 0 aliphatic rings. The van der Waals surface area contributed by atoms with Crippen LogP contribution in [0.25, 0.3) is 0 Å². The number of rotatable bonds is 6. The molecule has 0 spiro atoms. The molecule has 0 aliphatic carbocycles. The number of non-ortho nitro benzene ring substituents is 1. The Morgan fingerprint density at radius 1 is 1.50 bits per heavy atom. The number of nitrogens with one attached hydrogen (secondary N) is 1. The Hall–Kier alpha value is -1.60. The average molecular weight is 269 g/mol. The van der Waals surface area contributed by atoms with Gasteiger partial charge in [-0.05, 0) is 19.1 Å². The summed E-state index contributed by atoms with van der Waals surface area (Å²) in [7, 11) is 0. The van der Waals surface area contributed by atoms with Crippen molar-refractivity contribution in [3.05, 3.63) is 34.4 Å². The summed E-state index contributed by atoms with van der Waals surface area (Å²) in [6.45, 7) is 2.63. The van der Waals surface area contributed by atoms with E-state index in [9.17, 15) is 14.9 Å². The van der Waals surface area contributed by atoms with Crippen LogP contribution in [0.15, 0.2) is 29.2 Å². The summed E-state index contributed by atoms with van der Waals surface area (Å²) < 4.78 is 0. The molecule has 6 nitrogen and oxygen atoms in total. The van der Waals surface area contributed by atoms with E-state index in [-0.39, 0.29) is 16.8 Å². The second kappa shape index (κ2) is 6.97. The zero-order valence-corrected chi connectivity index (χ0v) is 10.8. The van der Waals surface area contributed by atoms with Gasteiger partial charge >= 0.3 is 0 Å². The summed E-state index contributed by atoms with van der Waals surface area (Å²) >= 11 is 1.35. The van der Waals surface area contributed by atoms with Gasteiger partial charge in [0.15, 0.2) is 0 Å². The first kappa shape index (κ1) is 14.5. The molecule has 0 heterocycles. The van der Waals surface area contributed by atoms with Crippen LogP contribution in [0.4, 0.5) is 5.69 Å². The largest absolute Gasteiger partial charge is 0.354 e. The minimum Gasteiger partial charge on any atom is -0.354 e. The third-order valence-electron chi connectivity index (χ3n) is 2.17. The van der Waals surface area contributed by atoms with Gasteiger partial charge in [0, 0.05) is 30.1 Å². The summed E-state index contributed by atoms with van der Waals surface area (Å²) in [4.78, 5) is 22.4. The van der Waals surface area contributed by atoms with E-state index in [1.54, 1.807) is 19.1 Å². The number of carbonyl (C=O) groups excluding carboxylic acids is 1. The molecule has 0 aliphatic heterocycles. The van der Waals surface area contributed by atoms with Gasteiger partial charge in [-0.2, -0.15) is 0 Å². The molecule has 1 unspecified atom stereocenters. The summed E-state index contributed by atoms with van der Waals surface area (Å²) in [5.74, 6) is -0.0937. The van der Waals surface area contributed by atoms with Gasteiger partial charge in [-0.1, -0.05) is 0 Å². The van der Waals surface area contributed by atoms with Crippen molar-refractivity contribution in [3.63, 3.8) is 0 Å². The van der Waals surface area contributed by atoms with Crippen molar-refractivity contribution in [1.82, 2.24) is 5.32 Å². The van der Waals surface area contributed by atoms with Crippen molar-refractivity contribution in [3.8, 4) is 0 Å². The van der Waals surface area contributed by atoms with Crippen LogP contribution in [-0.2, 0) is 4.79 Å². The van der Waals surface area contributed by atoms with Crippen LogP contribution in [0.5, 0.6) is 0 Å². The molecule has 0 bridgehead atoms. The molecule has 7 heteroatoms. The zero-order chi connectivity index (χ0) is 13.5. The van der Waals surface area contributed by atoms with Crippen molar-refractivity contribution in [2.24, 2.45) is 5.73 Å². The first-order chi connectivity index (χ1) is 8.54. The summed E-state index contributed by atoms with van der Waals surface area (Å²) in [6, 6.07) is 6.12. The minimum atomic E-state index is -0.453. The van der Waals surface area contributed by atoms with E-state index in [2.05, 4.69) is 5.32 Å². The van der Waals surface area contributed by atoms with Crippen LogP contribution in [0.2, 0.25) is 0 Å². The number of nitrogens with two attached hydrogens (primary N) is 1. The number of hydrogen-bond donors (Lipinski definition) is 2. The van der Waals surface area contributed by atoms with Crippen molar-refractivity contribution in [1.29, 1.82) is 0 Å². The summed E-state index contributed by atoms with van der Waals surface area (Å²) in [5.41, 5.74) is 5.33. The van der Waals surface area contributed by atoms with Gasteiger partial charge in [-0.15, -0.1) is 11.8 Å². The Labute approximate surface area is 109 Å². The van der Waals surface area contributed by atoms with E-state index in [0.29, 0.717) is 13.1 Å². The number of nitro groups is 1. The second-order valence-corrected chi connectivity index (χ2v) is 5.01. The predicted molar refractivity (Wildman–Crippen MR) is 70.5 cm³/mol. The number of nitrogens with zero attached hydrogens (tertiary/aromatic N) is 1. The highest BCUT2D eigenvalue weighted by molar-refractivity contribution is 8.00. The van der Waals surface area contributed by atoms with E-state index < -0.39 is 4.92 Å². The normalized spacial score (nSPS) is 11.9. The Morgan fingerprint density at radius 3 is 2.61 bits per heavy atom. The highest BCUT2D eigenvalue weighted by Gasteiger charge is 2.14. The number of carbonyl (C=O) groups is 1. The van der Waals surface area contributed by atoms with E-state index in [1.807, 2.05) is 0 Å². The molecule has 0 fully saturated rings. The summed E-state index contributed by atoms with van der Waals surface area (Å²) in [5, 5.41) is 12.9. The highest BCUT2D eigenvalue weighted by atomic mass is 32.2. The zero-order valence-electron chi connectivity index (χ0n) is 9.96. The molecule has 1 amide bonds. The standard InChI is InChI=1S/C11H15N3O3S/c1-8(11(15)13-7-6-12)18-10-4-2-9(3-5-10)14(16)17/h2-5,8H,6-7,12H2,1H3,(H,13,15). The van der Waals surface area contributed by atoms with Gasteiger partial charge in [0.1, 0.15) is 0 Å². The molecule has 1 aromatic rings. The Balaban J connectivity index is 2.56. The predicted octanol–water partition coefficient (Wildman–Crippen LogP) is 1.15. The van der Waals surface area contributed by atoms with Crippen molar-refractivity contribution >= 4 is 23.4 Å². The van der Waals surface area contributed by atoms with Crippen LogP contribution in [0.3, 0.4) is 0 Å². The molecule has 0 saturated carbocycles. The smallest absolute Gasteiger partial charge is 0.269 e. The Morgan fingerprint density at radius 2 is 2.11 bits per heavy atom. The molecule has 1 rings (SSSR count). The SMILES string of the molecule is CC(Sc1ccc([N+](=O)[O-])cc1)C(=O)NCCN. The summed E-state index contributed by atoms with van der Waals surface area (Å²) in [6.07, 6.45) is 0. The number of thioether (sulfide) groups is 1. The van der Waals surface area contributed by atoms with Gasteiger partial charge < -0.3 is 11.1 Å². The molecule has 98 valence electrons. The molecule has 1 atom stereocenters. The van der Waals surface area contributed by atoms with Crippen LogP contribution in [0.1, 0.15) is 6.92 Å². The fourth-order valence-electron chi connectivity index (χ4n) is 1.24. The quantitative estimate of drug-likeness (QED) is 0.458. The molecule has 0 saturated heterocycles. The van der Waals surface area contributed by atoms with Gasteiger partial charge in [0.2, 0.25) is 5.91 Å². The van der Waals surface area contributed by atoms with Gasteiger partial charge in [0.25, 0.3) is 5.69 Å². The maximum atomic E-state index is 11.6. The molecule has 0 radical (unpaired) electrons. The van der Waals surface area contributed by atoms with Crippen molar-refractivity contribution in [2.75, 3.05) is 13.1 Å². The fourth-order valence-corrected chi connectivity index (χ4v) is 2.13.